The van der Waals surface area contributed by atoms with Crippen molar-refractivity contribution in [2.24, 2.45) is 12.1 Å². The van der Waals surface area contributed by atoms with E-state index < -0.39 is 11.2 Å². The Morgan fingerprint density at radius 1 is 1.14 bits per heavy atom. The lowest BCUT2D eigenvalue weighted by Crippen LogP contribution is -2.29. The molecule has 146 valence electrons. The zero-order chi connectivity index (χ0) is 20.4. The van der Waals surface area contributed by atoms with Crippen molar-refractivity contribution in [3.63, 3.8) is 0 Å². The monoisotopic (exact) mass is 408 g/mol. The topological polar surface area (TPSA) is 97.1 Å². The molecular weight excluding hydrogens is 392 g/mol. The first-order chi connectivity index (χ1) is 14.0. The van der Waals surface area contributed by atoms with Crippen LogP contribution in [0.4, 0.5) is 5.95 Å². The Kier molecular flexibility index (Phi) is 5.01. The molecular formula is C20H17ClN6O2. The van der Waals surface area contributed by atoms with Crippen molar-refractivity contribution in [1.29, 1.82) is 0 Å². The summed E-state index contributed by atoms with van der Waals surface area (Å²) in [6.45, 7) is 0.345. The average Bonchev–Trinajstić information content (AvgIpc) is 3.08. The van der Waals surface area contributed by atoms with Crippen LogP contribution in [0.1, 0.15) is 11.1 Å². The average molecular weight is 409 g/mol. The molecule has 0 aliphatic heterocycles. The van der Waals surface area contributed by atoms with Crippen molar-refractivity contribution >= 4 is 34.9 Å². The van der Waals surface area contributed by atoms with Crippen LogP contribution in [0.3, 0.4) is 0 Å². The molecule has 0 saturated heterocycles. The van der Waals surface area contributed by atoms with Crippen molar-refractivity contribution in [3.05, 3.63) is 91.6 Å². The molecule has 0 bridgehead atoms. The SMILES string of the molecule is Cn1c(=O)[nH]c(=O)c2c1nc(N/N=C\c1ccccc1)n2Cc1ccc(Cl)cc1. The number of fused-ring (bicyclic) bond motifs is 1. The largest absolute Gasteiger partial charge is 0.329 e. The van der Waals surface area contributed by atoms with Crippen LogP contribution in [0.25, 0.3) is 11.2 Å². The second kappa shape index (κ2) is 7.76. The summed E-state index contributed by atoms with van der Waals surface area (Å²) in [5.74, 6) is 0.342. The Labute approximate surface area is 170 Å². The standard InChI is InChI=1S/C20H17ClN6O2/c1-26-17-16(18(28)24-20(26)29)27(12-14-7-9-15(21)10-8-14)19(23-17)25-22-11-13-5-3-2-4-6-13/h2-11H,12H2,1H3,(H,23,25)(H,24,28,29)/b22-11-. The Bertz CT molecular complexity index is 1300. The number of halogens is 1. The number of hydrogen-bond donors (Lipinski definition) is 2. The third kappa shape index (κ3) is 3.83. The molecule has 0 atom stereocenters. The summed E-state index contributed by atoms with van der Waals surface area (Å²) in [5.41, 5.74) is 4.21. The van der Waals surface area contributed by atoms with Gasteiger partial charge in [0.1, 0.15) is 0 Å². The van der Waals surface area contributed by atoms with Gasteiger partial charge in [-0.3, -0.25) is 18.9 Å². The number of rotatable bonds is 5. The van der Waals surface area contributed by atoms with Gasteiger partial charge in [0.15, 0.2) is 11.2 Å². The minimum absolute atomic E-state index is 0.269. The minimum atomic E-state index is -0.530. The van der Waals surface area contributed by atoms with E-state index in [1.165, 1.54) is 4.57 Å². The molecule has 2 aromatic heterocycles. The smallest absolute Gasteiger partial charge is 0.298 e. The van der Waals surface area contributed by atoms with Gasteiger partial charge >= 0.3 is 5.69 Å². The summed E-state index contributed by atoms with van der Waals surface area (Å²) >= 11 is 5.97. The van der Waals surface area contributed by atoms with Gasteiger partial charge in [-0.1, -0.05) is 54.1 Å². The van der Waals surface area contributed by atoms with Crippen molar-refractivity contribution < 1.29 is 0 Å². The van der Waals surface area contributed by atoms with Gasteiger partial charge in [0.2, 0.25) is 5.95 Å². The van der Waals surface area contributed by atoms with E-state index >= 15 is 0 Å². The summed E-state index contributed by atoms with van der Waals surface area (Å²) < 4.78 is 2.97. The van der Waals surface area contributed by atoms with Crippen LogP contribution in [0, 0.1) is 0 Å². The normalized spacial score (nSPS) is 11.4. The first-order valence-electron chi connectivity index (χ1n) is 8.81. The Morgan fingerprint density at radius 2 is 1.86 bits per heavy atom. The number of aromatic nitrogens is 4. The molecule has 0 amide bonds. The minimum Gasteiger partial charge on any atom is -0.298 e. The van der Waals surface area contributed by atoms with E-state index in [1.54, 1.807) is 30.0 Å². The number of hydrogen-bond acceptors (Lipinski definition) is 5. The van der Waals surface area contributed by atoms with Crippen LogP contribution in [-0.2, 0) is 13.6 Å². The second-order valence-corrected chi connectivity index (χ2v) is 6.86. The summed E-state index contributed by atoms with van der Waals surface area (Å²) in [7, 11) is 1.55. The van der Waals surface area contributed by atoms with E-state index in [1.807, 2.05) is 42.5 Å². The first-order valence-corrected chi connectivity index (χ1v) is 9.19. The summed E-state index contributed by atoms with van der Waals surface area (Å²) in [5, 5.41) is 4.85. The molecule has 4 aromatic rings. The highest BCUT2D eigenvalue weighted by Gasteiger charge is 2.17. The molecule has 29 heavy (non-hydrogen) atoms. The maximum Gasteiger partial charge on any atom is 0.329 e. The summed E-state index contributed by atoms with van der Waals surface area (Å²) in [6.07, 6.45) is 1.65. The van der Waals surface area contributed by atoms with E-state index in [-0.39, 0.29) is 11.2 Å². The van der Waals surface area contributed by atoms with Gasteiger partial charge in [-0.2, -0.15) is 10.1 Å². The van der Waals surface area contributed by atoms with E-state index in [0.29, 0.717) is 17.5 Å². The lowest BCUT2D eigenvalue weighted by Gasteiger charge is -2.08. The van der Waals surface area contributed by atoms with Crippen molar-refractivity contribution in [2.45, 2.75) is 6.54 Å². The number of nitrogens with one attached hydrogen (secondary N) is 2. The molecule has 8 nitrogen and oxygen atoms in total. The molecule has 2 N–H and O–H groups in total. The Morgan fingerprint density at radius 3 is 2.59 bits per heavy atom. The highest BCUT2D eigenvalue weighted by molar-refractivity contribution is 6.30. The van der Waals surface area contributed by atoms with Gasteiger partial charge in [-0.25, -0.2) is 10.2 Å². The Balaban J connectivity index is 1.79. The maximum absolute atomic E-state index is 12.5. The van der Waals surface area contributed by atoms with E-state index in [9.17, 15) is 9.59 Å². The van der Waals surface area contributed by atoms with Gasteiger partial charge in [0.25, 0.3) is 5.56 Å². The molecule has 4 rings (SSSR count). The second-order valence-electron chi connectivity index (χ2n) is 6.42. The van der Waals surface area contributed by atoms with Gasteiger partial charge in [0.05, 0.1) is 12.8 Å². The molecule has 2 aromatic carbocycles. The number of imidazole rings is 1. The number of aryl methyl sites for hydroxylation is 1. The van der Waals surface area contributed by atoms with Gasteiger partial charge in [-0.05, 0) is 23.3 Å². The third-order valence-corrected chi connectivity index (χ3v) is 4.69. The number of nitrogens with zero attached hydrogens (tertiary/aromatic N) is 4. The van der Waals surface area contributed by atoms with Crippen LogP contribution in [0.15, 0.2) is 69.3 Å². The fourth-order valence-corrected chi connectivity index (χ4v) is 3.08. The maximum atomic E-state index is 12.5. The quantitative estimate of drug-likeness (QED) is 0.392. The fourth-order valence-electron chi connectivity index (χ4n) is 2.95. The van der Waals surface area contributed by atoms with Gasteiger partial charge < -0.3 is 0 Å². The molecule has 0 spiro atoms. The molecule has 0 saturated carbocycles. The highest BCUT2D eigenvalue weighted by Crippen LogP contribution is 2.19. The van der Waals surface area contributed by atoms with Crippen LogP contribution in [0.5, 0.6) is 0 Å². The van der Waals surface area contributed by atoms with Gasteiger partial charge in [-0.15, -0.1) is 0 Å². The third-order valence-electron chi connectivity index (χ3n) is 4.44. The van der Waals surface area contributed by atoms with Crippen molar-refractivity contribution in [3.8, 4) is 0 Å². The zero-order valence-electron chi connectivity index (χ0n) is 15.5. The van der Waals surface area contributed by atoms with Crippen LogP contribution in [-0.4, -0.2) is 25.3 Å². The number of anilines is 1. The van der Waals surface area contributed by atoms with E-state index in [4.69, 9.17) is 11.6 Å². The lowest BCUT2D eigenvalue weighted by molar-refractivity contribution is 0.808. The van der Waals surface area contributed by atoms with Crippen LogP contribution in [0.2, 0.25) is 5.02 Å². The first kappa shape index (κ1) is 18.7. The van der Waals surface area contributed by atoms with Crippen molar-refractivity contribution in [2.75, 3.05) is 5.43 Å². The van der Waals surface area contributed by atoms with Crippen molar-refractivity contribution in [1.82, 2.24) is 19.1 Å². The predicted molar refractivity (Wildman–Crippen MR) is 114 cm³/mol. The van der Waals surface area contributed by atoms with Gasteiger partial charge in [0, 0.05) is 12.1 Å². The summed E-state index contributed by atoms with van der Waals surface area (Å²) in [6, 6.07) is 16.8. The van der Waals surface area contributed by atoms with E-state index in [0.717, 1.165) is 11.1 Å². The lowest BCUT2D eigenvalue weighted by atomic mass is 10.2. The predicted octanol–water partition coefficient (Wildman–Crippen LogP) is 2.57. The molecule has 0 aliphatic carbocycles. The molecule has 9 heteroatoms. The van der Waals surface area contributed by atoms with E-state index in [2.05, 4.69) is 20.5 Å². The zero-order valence-corrected chi connectivity index (χ0v) is 16.2. The fraction of sp³-hybridized carbons (Fsp3) is 0.100. The molecule has 0 fully saturated rings. The highest BCUT2D eigenvalue weighted by atomic mass is 35.5. The van der Waals surface area contributed by atoms with Crippen LogP contribution >= 0.6 is 11.6 Å². The number of aromatic amines is 1. The molecule has 0 radical (unpaired) electrons. The number of hydrazone groups is 1. The summed E-state index contributed by atoms with van der Waals surface area (Å²) in [4.78, 5) is 31.2. The Hall–Kier alpha value is -3.65. The van der Waals surface area contributed by atoms with Crippen LogP contribution < -0.4 is 16.7 Å². The molecule has 0 unspecified atom stereocenters. The molecule has 0 aliphatic rings. The number of benzene rings is 2. The molecule has 2 heterocycles. The number of H-pyrrole nitrogens is 1.